The van der Waals surface area contributed by atoms with Crippen molar-refractivity contribution in [1.82, 2.24) is 30.2 Å². The van der Waals surface area contributed by atoms with E-state index in [1.54, 1.807) is 23.1 Å². The second-order valence-corrected chi connectivity index (χ2v) is 17.1. The molecule has 14 nitrogen and oxygen atoms in total. The van der Waals surface area contributed by atoms with E-state index in [4.69, 9.17) is 0 Å². The lowest BCUT2D eigenvalue weighted by Crippen LogP contribution is -2.53. The Kier molecular flexibility index (Phi) is 11.6. The van der Waals surface area contributed by atoms with Gasteiger partial charge in [0.2, 0.25) is 23.6 Å². The molecule has 0 radical (unpaired) electrons. The van der Waals surface area contributed by atoms with Crippen LogP contribution in [0.15, 0.2) is 35.5 Å². The number of hydrogen-bond donors (Lipinski definition) is 3. The highest BCUT2D eigenvalue weighted by molar-refractivity contribution is 6.09. The van der Waals surface area contributed by atoms with Crippen LogP contribution in [0.2, 0.25) is 0 Å². The summed E-state index contributed by atoms with van der Waals surface area (Å²) in [6.07, 6.45) is 3.62. The first kappa shape index (κ1) is 41.2. The number of carbonyl (C=O) groups excluding carboxylic acids is 6. The van der Waals surface area contributed by atoms with Crippen molar-refractivity contribution in [2.24, 2.45) is 0 Å². The third kappa shape index (κ3) is 8.30. The number of nitrogens with zero attached hydrogens (tertiary/aromatic N) is 5. The van der Waals surface area contributed by atoms with Gasteiger partial charge in [-0.05, 0) is 91.3 Å². The molecule has 5 heterocycles. The van der Waals surface area contributed by atoms with Gasteiger partial charge >= 0.3 is 0 Å². The monoisotopic (exact) mass is 826 g/mol. The van der Waals surface area contributed by atoms with Crippen LogP contribution in [0.25, 0.3) is 0 Å². The Morgan fingerprint density at radius 2 is 1.65 bits per heavy atom. The first-order valence-corrected chi connectivity index (χ1v) is 21.1. The predicted molar refractivity (Wildman–Crippen MR) is 218 cm³/mol. The molecule has 6 aliphatic rings. The number of fused-ring (bicyclic) bond motifs is 2. The maximum atomic E-state index is 14.3. The molecule has 3 N–H and O–H groups in total. The fourth-order valence-corrected chi connectivity index (χ4v) is 9.54. The average Bonchev–Trinajstić information content (AvgIpc) is 4.01. The molecule has 0 aromatic heterocycles. The highest BCUT2D eigenvalue weighted by Gasteiger charge is 2.37. The van der Waals surface area contributed by atoms with Gasteiger partial charge in [-0.15, -0.1) is 0 Å². The maximum Gasteiger partial charge on any atom is 0.264 e. The van der Waals surface area contributed by atoms with E-state index < -0.39 is 24.3 Å². The highest BCUT2D eigenvalue weighted by atomic mass is 19.3. The molecule has 5 amide bonds. The average molecular weight is 827 g/mol. The molecular weight excluding hydrogens is 775 g/mol. The molecule has 1 unspecified atom stereocenters. The highest BCUT2D eigenvalue weighted by Crippen LogP contribution is 2.47. The number of carbonyl (C=O) groups is 6. The Morgan fingerprint density at radius 3 is 2.32 bits per heavy atom. The van der Waals surface area contributed by atoms with Gasteiger partial charge in [-0.25, -0.2) is 8.78 Å². The number of amides is 5. The first-order chi connectivity index (χ1) is 28.8. The van der Waals surface area contributed by atoms with Crippen LogP contribution >= 0.6 is 0 Å². The van der Waals surface area contributed by atoms with Crippen LogP contribution < -0.4 is 15.5 Å². The van der Waals surface area contributed by atoms with E-state index in [1.165, 1.54) is 18.9 Å². The number of anilines is 1. The number of benzene rings is 2. The SMILES string of the molecule is CC(=O)N1CCC(NC2CCN(C(=O)CN3Cc4cc(C=O)c(C(=O)N(C)C5CCC(=O)NC5=O)cc4C3)CC2)=C(C(=N)N2CCCc3cc(C4CC4)c(C(F)F)cc32)C1. The molecule has 8 rings (SSSR count). The van der Waals surface area contributed by atoms with Crippen molar-refractivity contribution >= 4 is 47.3 Å². The van der Waals surface area contributed by atoms with E-state index in [0.29, 0.717) is 76.1 Å². The number of likely N-dealkylation sites (tertiary alicyclic amines) is 1. The van der Waals surface area contributed by atoms with Gasteiger partial charge in [0.05, 0.1) is 18.7 Å². The quantitative estimate of drug-likeness (QED) is 0.139. The summed E-state index contributed by atoms with van der Waals surface area (Å²) >= 11 is 0. The fraction of sp³-hybridized carbons (Fsp3) is 0.523. The van der Waals surface area contributed by atoms with Gasteiger partial charge in [0.1, 0.15) is 11.9 Å². The molecule has 0 bridgehead atoms. The number of aryl methyl sites for hydroxylation is 1. The van der Waals surface area contributed by atoms with Gasteiger partial charge in [-0.2, -0.15) is 0 Å². The molecule has 3 fully saturated rings. The second-order valence-electron chi connectivity index (χ2n) is 17.1. The van der Waals surface area contributed by atoms with Crippen molar-refractivity contribution in [3.63, 3.8) is 0 Å². The van der Waals surface area contributed by atoms with Crippen molar-refractivity contribution in [2.45, 2.75) is 102 Å². The lowest BCUT2D eigenvalue weighted by atomic mass is 9.92. The zero-order valence-corrected chi connectivity index (χ0v) is 34.2. The summed E-state index contributed by atoms with van der Waals surface area (Å²) < 4.78 is 28.6. The molecule has 0 spiro atoms. The number of alkyl halides is 2. The number of halogens is 2. The Bertz CT molecular complexity index is 2180. The maximum absolute atomic E-state index is 14.3. The first-order valence-electron chi connectivity index (χ1n) is 21.1. The number of rotatable bonds is 10. The van der Waals surface area contributed by atoms with Crippen LogP contribution in [0, 0.1) is 5.41 Å². The number of likely N-dealkylation sites (N-methyl/N-ethyl adjacent to an activating group) is 1. The van der Waals surface area contributed by atoms with Crippen LogP contribution in [0.4, 0.5) is 14.5 Å². The van der Waals surface area contributed by atoms with Crippen LogP contribution in [-0.4, -0.2) is 120 Å². The minimum atomic E-state index is -2.60. The molecule has 1 aliphatic carbocycles. The minimum Gasteiger partial charge on any atom is -0.385 e. The molecule has 1 saturated carbocycles. The van der Waals surface area contributed by atoms with Crippen molar-refractivity contribution in [3.8, 4) is 0 Å². The largest absolute Gasteiger partial charge is 0.385 e. The molecule has 5 aliphatic heterocycles. The predicted octanol–water partition coefficient (Wildman–Crippen LogP) is 4.02. The standard InChI is InChI=1S/C44H52F2N8O6/c1-25(56)53-15-11-36(35(22-53)42(47)54-12-3-4-27-17-32(26-5-6-26)34(41(45)46)19-38(27)54)48-31-9-13-52(14-10-31)40(58)23-51-20-28-16-30(24-55)33(18-29(28)21-51)44(60)50(2)37-7-8-39(57)49-43(37)59/h16-19,24,26,31,37,41,47-48H,3-15,20-23H2,1-2H3,(H,49,57,59). The van der Waals surface area contributed by atoms with E-state index >= 15 is 0 Å². The number of aldehydes is 1. The van der Waals surface area contributed by atoms with Crippen molar-refractivity contribution in [3.05, 3.63) is 74.5 Å². The van der Waals surface area contributed by atoms with Gasteiger partial charge in [-0.1, -0.05) is 6.07 Å². The van der Waals surface area contributed by atoms with Gasteiger partial charge < -0.3 is 24.9 Å². The van der Waals surface area contributed by atoms with Gasteiger partial charge in [-0.3, -0.25) is 44.4 Å². The molecule has 318 valence electrons. The summed E-state index contributed by atoms with van der Waals surface area (Å²) in [5.41, 5.74) is 6.04. The van der Waals surface area contributed by atoms with E-state index in [2.05, 4.69) is 10.6 Å². The minimum absolute atomic E-state index is 0.0287. The van der Waals surface area contributed by atoms with Crippen molar-refractivity contribution in [1.29, 1.82) is 5.41 Å². The molecule has 2 aromatic rings. The van der Waals surface area contributed by atoms with E-state index in [-0.39, 0.29) is 78.1 Å². The summed E-state index contributed by atoms with van der Waals surface area (Å²) in [5.74, 6) is -1.14. The van der Waals surface area contributed by atoms with Crippen LogP contribution in [-0.2, 0) is 38.7 Å². The third-order valence-corrected chi connectivity index (χ3v) is 13.1. The van der Waals surface area contributed by atoms with Gasteiger partial charge in [0.25, 0.3) is 12.3 Å². The Hall–Kier alpha value is -5.51. The zero-order valence-electron chi connectivity index (χ0n) is 34.2. The smallest absolute Gasteiger partial charge is 0.264 e. The van der Waals surface area contributed by atoms with E-state index in [9.17, 15) is 43.0 Å². The molecule has 1 atom stereocenters. The van der Waals surface area contributed by atoms with Crippen LogP contribution in [0.5, 0.6) is 0 Å². The summed E-state index contributed by atoms with van der Waals surface area (Å²) in [5, 5.41) is 15.4. The number of imide groups is 1. The number of hydrogen-bond acceptors (Lipinski definition) is 9. The molecular formula is C44H52F2N8O6. The Morgan fingerprint density at radius 1 is 0.917 bits per heavy atom. The Labute approximate surface area is 347 Å². The van der Waals surface area contributed by atoms with Gasteiger partial charge in [0.15, 0.2) is 6.29 Å². The summed E-state index contributed by atoms with van der Waals surface area (Å²) in [4.78, 5) is 84.5. The summed E-state index contributed by atoms with van der Waals surface area (Å²) in [6, 6.07) is 6.09. The number of piperidine rings is 2. The molecule has 2 saturated heterocycles. The second kappa shape index (κ2) is 16.9. The van der Waals surface area contributed by atoms with E-state index in [1.807, 2.05) is 20.8 Å². The van der Waals surface area contributed by atoms with E-state index in [0.717, 1.165) is 53.6 Å². The van der Waals surface area contributed by atoms with Gasteiger partial charge in [0, 0.05) is 100 Å². The van der Waals surface area contributed by atoms with Crippen molar-refractivity contribution in [2.75, 3.05) is 51.2 Å². The summed E-state index contributed by atoms with van der Waals surface area (Å²) in [6.45, 7) is 4.84. The number of nitrogens with one attached hydrogen (secondary N) is 3. The fourth-order valence-electron chi connectivity index (χ4n) is 9.54. The summed E-state index contributed by atoms with van der Waals surface area (Å²) in [7, 11) is 1.49. The van der Waals surface area contributed by atoms with Crippen LogP contribution in [0.3, 0.4) is 0 Å². The normalized spacial score (nSPS) is 21.1. The number of amidine groups is 1. The molecule has 2 aromatic carbocycles. The molecule has 60 heavy (non-hydrogen) atoms. The lowest BCUT2D eigenvalue weighted by Gasteiger charge is -2.39. The van der Waals surface area contributed by atoms with Crippen molar-refractivity contribution < 1.29 is 37.5 Å². The topological polar surface area (TPSA) is 167 Å². The third-order valence-electron chi connectivity index (χ3n) is 13.1. The zero-order chi connectivity index (χ0) is 42.4. The molecule has 16 heteroatoms. The Balaban J connectivity index is 0.903. The van der Waals surface area contributed by atoms with Crippen LogP contribution in [0.1, 0.15) is 119 Å². The lowest BCUT2D eigenvalue weighted by molar-refractivity contribution is -0.137.